The first kappa shape index (κ1) is 106. The van der Waals surface area contributed by atoms with Gasteiger partial charge in [0, 0.05) is 19.3 Å². The third-order valence-corrected chi connectivity index (χ3v) is 19.8. The van der Waals surface area contributed by atoms with Gasteiger partial charge in [0.2, 0.25) is 0 Å². The molecule has 634 valence electrons. The van der Waals surface area contributed by atoms with Crippen molar-refractivity contribution in [3.8, 4) is 0 Å². The van der Waals surface area contributed by atoms with Crippen LogP contribution in [0.3, 0.4) is 0 Å². The molecular weight excluding hydrogens is 1430 g/mol. The van der Waals surface area contributed by atoms with Gasteiger partial charge in [-0.05, 0) is 154 Å². The molecule has 111 heavy (non-hydrogen) atoms. The Bertz CT molecular complexity index is 2700. The number of esters is 3. The number of aliphatic hydroxyl groups is 2. The molecule has 0 aromatic heterocycles. The third-order valence-electron chi connectivity index (χ3n) is 17.9. The van der Waals surface area contributed by atoms with Gasteiger partial charge in [0.25, 0.3) is 0 Å². The number of phosphoric acid groups is 2. The van der Waals surface area contributed by atoms with E-state index in [9.17, 15) is 43.5 Å². The number of carbonyl (C=O) groups excluding carboxylic acids is 3. The van der Waals surface area contributed by atoms with Crippen LogP contribution in [0.25, 0.3) is 0 Å². The van der Waals surface area contributed by atoms with Crippen LogP contribution in [-0.4, -0.2) is 95.9 Å². The number of hydrogen-bond donors (Lipinski definition) is 4. The molecule has 0 aromatic carbocycles. The summed E-state index contributed by atoms with van der Waals surface area (Å²) in [6.07, 6.45) is 108. The molecule has 18 heteroatoms. The van der Waals surface area contributed by atoms with E-state index in [0.717, 1.165) is 173 Å². The summed E-state index contributed by atoms with van der Waals surface area (Å²) in [5.41, 5.74) is 0. The van der Waals surface area contributed by atoms with Crippen LogP contribution in [0.5, 0.6) is 0 Å². The van der Waals surface area contributed by atoms with E-state index in [2.05, 4.69) is 191 Å². The third kappa shape index (κ3) is 85.6. The summed E-state index contributed by atoms with van der Waals surface area (Å²) in [6.45, 7) is 2.41. The summed E-state index contributed by atoms with van der Waals surface area (Å²) in [5.74, 6) is -1.61. The second kappa shape index (κ2) is 84.3. The summed E-state index contributed by atoms with van der Waals surface area (Å²) in [6, 6.07) is 0. The molecule has 0 aliphatic heterocycles. The summed E-state index contributed by atoms with van der Waals surface area (Å²) in [7, 11) is -9.82. The largest absolute Gasteiger partial charge is 0.472 e. The molecule has 0 amide bonds. The van der Waals surface area contributed by atoms with Gasteiger partial charge in [-0.1, -0.05) is 339 Å². The van der Waals surface area contributed by atoms with Crippen molar-refractivity contribution in [2.45, 2.75) is 360 Å². The summed E-state index contributed by atoms with van der Waals surface area (Å²) >= 11 is 0. The zero-order chi connectivity index (χ0) is 80.8. The summed E-state index contributed by atoms with van der Waals surface area (Å²) in [4.78, 5) is 58.9. The Hall–Kier alpha value is -5.09. The maximum absolute atomic E-state index is 13.0. The van der Waals surface area contributed by atoms with Gasteiger partial charge in [-0.25, -0.2) is 9.13 Å². The molecule has 0 bridgehead atoms. The number of rotatable bonds is 81. The molecule has 5 atom stereocenters. The molecule has 0 fully saturated rings. The van der Waals surface area contributed by atoms with Crippen molar-refractivity contribution in [1.29, 1.82) is 0 Å². The monoisotopic (exact) mass is 1590 g/mol. The molecule has 0 spiro atoms. The number of hydrogen-bond acceptors (Lipinski definition) is 14. The fourth-order valence-corrected chi connectivity index (χ4v) is 13.0. The Morgan fingerprint density at radius 3 is 0.757 bits per heavy atom. The maximum Gasteiger partial charge on any atom is 0.472 e. The van der Waals surface area contributed by atoms with Gasteiger partial charge < -0.3 is 34.2 Å². The minimum absolute atomic E-state index is 0.0723. The van der Waals surface area contributed by atoms with Crippen molar-refractivity contribution < 1.29 is 75.8 Å². The zero-order valence-corrected chi connectivity index (χ0v) is 71.4. The van der Waals surface area contributed by atoms with Crippen molar-refractivity contribution in [3.63, 3.8) is 0 Å². The molecule has 0 radical (unpaired) electrons. The van der Waals surface area contributed by atoms with Crippen LogP contribution in [0, 0.1) is 0 Å². The lowest BCUT2D eigenvalue weighted by Crippen LogP contribution is -2.30. The van der Waals surface area contributed by atoms with Crippen molar-refractivity contribution in [3.05, 3.63) is 170 Å². The fourth-order valence-electron chi connectivity index (χ4n) is 11.4. The molecule has 16 nitrogen and oxygen atoms in total. The highest BCUT2D eigenvalue weighted by atomic mass is 31.2. The number of aliphatic hydroxyl groups excluding tert-OH is 2. The van der Waals surface area contributed by atoms with Crippen LogP contribution in [0.1, 0.15) is 342 Å². The number of carbonyl (C=O) groups is 3. The Morgan fingerprint density at radius 1 is 0.261 bits per heavy atom. The smallest absolute Gasteiger partial charge is 0.463 e. The van der Waals surface area contributed by atoms with Crippen molar-refractivity contribution >= 4 is 33.6 Å². The minimum Gasteiger partial charge on any atom is -0.463 e. The SMILES string of the molecule is CC/C=C\C/C=C\C/C=C\C/C=C\C/C=C\C/C=C\CCCCCCCCCCCCC(=O)OCC(O)COP(=O)(O)OCC(O)COP(=O)(O)OCC(COC(=O)CCCCCCCCCCCCCCC/C=C\C/C=C\C/C=C\C/C=C\CCCCC)OC(=O)CCCCCC/C=C\C/C=C\C/C=C\C/C=C\CC. The highest BCUT2D eigenvalue weighted by Gasteiger charge is 2.29. The van der Waals surface area contributed by atoms with Crippen LogP contribution in [0.15, 0.2) is 170 Å². The van der Waals surface area contributed by atoms with E-state index in [1.807, 2.05) is 0 Å². The summed E-state index contributed by atoms with van der Waals surface area (Å²) in [5, 5.41) is 20.7. The molecule has 0 heterocycles. The van der Waals surface area contributed by atoms with Gasteiger partial charge in [-0.2, -0.15) is 0 Å². The molecule has 0 rings (SSSR count). The molecule has 0 aromatic rings. The van der Waals surface area contributed by atoms with E-state index in [1.165, 1.54) is 109 Å². The Morgan fingerprint density at radius 2 is 0.477 bits per heavy atom. The molecular formula is C93H156O16P2. The van der Waals surface area contributed by atoms with Gasteiger partial charge in [0.15, 0.2) is 6.10 Å². The average molecular weight is 1590 g/mol. The molecule has 5 unspecified atom stereocenters. The molecule has 0 saturated carbocycles. The lowest BCUT2D eigenvalue weighted by atomic mass is 10.0. The average Bonchev–Trinajstić information content (AvgIpc) is 0.901. The maximum atomic E-state index is 13.0. The molecule has 0 aliphatic rings. The predicted molar refractivity (Wildman–Crippen MR) is 463 cm³/mol. The van der Waals surface area contributed by atoms with Crippen LogP contribution < -0.4 is 0 Å². The minimum atomic E-state index is -4.95. The summed E-state index contributed by atoms with van der Waals surface area (Å²) < 4.78 is 61.3. The van der Waals surface area contributed by atoms with E-state index in [-0.39, 0.29) is 19.3 Å². The van der Waals surface area contributed by atoms with E-state index in [4.69, 9.17) is 32.3 Å². The van der Waals surface area contributed by atoms with Gasteiger partial charge >= 0.3 is 33.6 Å². The van der Waals surface area contributed by atoms with Gasteiger partial charge in [0.05, 0.1) is 26.4 Å². The Labute approximate surface area is 675 Å². The lowest BCUT2D eigenvalue weighted by molar-refractivity contribution is -0.161. The zero-order valence-electron chi connectivity index (χ0n) is 69.6. The predicted octanol–water partition coefficient (Wildman–Crippen LogP) is 26.3. The van der Waals surface area contributed by atoms with Crippen LogP contribution in [0.4, 0.5) is 0 Å². The van der Waals surface area contributed by atoms with Gasteiger partial charge in [0.1, 0.15) is 25.4 Å². The van der Waals surface area contributed by atoms with E-state index < -0.39 is 91.5 Å². The molecule has 4 N–H and O–H groups in total. The number of ether oxygens (including phenoxy) is 3. The normalized spacial score (nSPS) is 14.7. The fraction of sp³-hybridized carbons (Fsp3) is 0.667. The number of allylic oxidation sites excluding steroid dienone is 28. The Kier molecular flexibility index (Phi) is 80.4. The highest BCUT2D eigenvalue weighted by Crippen LogP contribution is 2.45. The molecule has 0 aliphatic carbocycles. The highest BCUT2D eigenvalue weighted by molar-refractivity contribution is 7.47. The van der Waals surface area contributed by atoms with E-state index in [1.54, 1.807) is 0 Å². The van der Waals surface area contributed by atoms with E-state index in [0.29, 0.717) is 19.3 Å². The standard InChI is InChI=1S/C93H156O16P2/c1-4-7-10-13-16-19-22-25-28-31-33-35-37-39-41-43-45-47-49-51-53-56-58-61-64-67-70-73-76-79-91(96)103-82-88(94)83-105-110(99,100)106-84-89(95)85-107-111(101,102)108-87-90(109-93(98)81-78-75-72-69-66-63-60-55-30-27-24-21-18-15-12-9-6-3)86-104-92(97)80-77-74-71-68-65-62-59-57-54-52-50-48-46-44-42-40-38-36-34-32-29-26-23-20-17-14-11-8-5-2/h7,9-10,12,16-21,25-30,33-36,39-42,45,47,60,63,88-90,94-95H,4-6,8,11,13-15,22-24,31-32,37-38,43-44,46,48-59,61-62,64-87H2,1-3H3,(H,99,100)(H,101,102)/b10-7-,12-9-,19-16-,20-17-,21-18-,28-25-,29-26-,30-27-,35-33-,36-34-,41-39-,42-40-,47-45-,63-60-. The van der Waals surface area contributed by atoms with Crippen molar-refractivity contribution in [2.24, 2.45) is 0 Å². The van der Waals surface area contributed by atoms with Gasteiger partial charge in [-0.15, -0.1) is 0 Å². The van der Waals surface area contributed by atoms with E-state index >= 15 is 0 Å². The Balaban J connectivity index is 4.59. The number of unbranched alkanes of at least 4 members (excludes halogenated alkanes) is 30. The topological polar surface area (TPSA) is 231 Å². The van der Waals surface area contributed by atoms with Crippen molar-refractivity contribution in [2.75, 3.05) is 39.6 Å². The van der Waals surface area contributed by atoms with Gasteiger partial charge in [-0.3, -0.25) is 32.5 Å². The first-order valence-corrected chi connectivity index (χ1v) is 46.4. The van der Waals surface area contributed by atoms with Crippen LogP contribution in [0.2, 0.25) is 0 Å². The number of phosphoric ester groups is 2. The second-order valence-corrected chi connectivity index (χ2v) is 31.5. The second-order valence-electron chi connectivity index (χ2n) is 28.6. The lowest BCUT2D eigenvalue weighted by Gasteiger charge is -2.21. The first-order valence-electron chi connectivity index (χ1n) is 43.4. The first-order chi connectivity index (χ1) is 54.2. The van der Waals surface area contributed by atoms with Crippen molar-refractivity contribution in [1.82, 2.24) is 0 Å². The van der Waals surface area contributed by atoms with Crippen LogP contribution >= 0.6 is 15.6 Å². The van der Waals surface area contributed by atoms with Crippen LogP contribution in [-0.2, 0) is 55.8 Å². The quantitative estimate of drug-likeness (QED) is 0.0146. The molecule has 0 saturated heterocycles.